The number of rotatable bonds is 6. The molecular weight excluding hydrogens is 372 g/mol. The van der Waals surface area contributed by atoms with Crippen LogP contribution < -0.4 is 5.14 Å². The standard InChI is InChI=1S/C21H32N4O2S/c1-2-3-11-25-20-9-8-18(28(22,26)27)13-19(20)23-21(25)15-24-12-10-16-6-4-5-7-17(16)14-24/h8-9,13,16-17H,2-7,10-12,14-15H2,1H3,(H2,22,26,27). The molecule has 2 aromatic rings. The fourth-order valence-electron chi connectivity index (χ4n) is 5.04. The fourth-order valence-corrected chi connectivity index (χ4v) is 5.58. The number of aromatic nitrogens is 2. The highest BCUT2D eigenvalue weighted by Gasteiger charge is 2.31. The van der Waals surface area contributed by atoms with Gasteiger partial charge in [0.25, 0.3) is 0 Å². The van der Waals surface area contributed by atoms with Gasteiger partial charge in [-0.3, -0.25) is 4.90 Å². The smallest absolute Gasteiger partial charge is 0.238 e. The molecule has 1 saturated heterocycles. The molecule has 1 aromatic carbocycles. The summed E-state index contributed by atoms with van der Waals surface area (Å²) in [6, 6.07) is 5.07. The zero-order valence-corrected chi connectivity index (χ0v) is 17.6. The predicted octanol–water partition coefficient (Wildman–Crippen LogP) is 3.50. The molecule has 0 spiro atoms. The molecule has 7 heteroatoms. The SMILES string of the molecule is CCCCn1c(CN2CCC3CCCCC3C2)nc2cc(S(N)(=O)=O)ccc21. The van der Waals surface area contributed by atoms with E-state index in [1.807, 2.05) is 6.07 Å². The highest BCUT2D eigenvalue weighted by Crippen LogP contribution is 2.36. The summed E-state index contributed by atoms with van der Waals surface area (Å²) in [6.07, 6.45) is 9.05. The van der Waals surface area contributed by atoms with Crippen LogP contribution in [0.2, 0.25) is 0 Å². The van der Waals surface area contributed by atoms with Gasteiger partial charge in [-0.25, -0.2) is 18.5 Å². The van der Waals surface area contributed by atoms with E-state index in [4.69, 9.17) is 10.1 Å². The van der Waals surface area contributed by atoms with Crippen LogP contribution in [0.25, 0.3) is 11.0 Å². The Kier molecular flexibility index (Phi) is 5.76. The lowest BCUT2D eigenvalue weighted by molar-refractivity contribution is 0.0796. The van der Waals surface area contributed by atoms with Crippen LogP contribution in [-0.4, -0.2) is 36.0 Å². The molecule has 1 saturated carbocycles. The fraction of sp³-hybridized carbons (Fsp3) is 0.667. The van der Waals surface area contributed by atoms with Gasteiger partial charge in [-0.2, -0.15) is 0 Å². The van der Waals surface area contributed by atoms with Gasteiger partial charge < -0.3 is 4.57 Å². The van der Waals surface area contributed by atoms with E-state index in [1.54, 1.807) is 12.1 Å². The summed E-state index contributed by atoms with van der Waals surface area (Å²) in [7, 11) is -3.72. The second-order valence-corrected chi connectivity index (χ2v) is 10.1. The van der Waals surface area contributed by atoms with Crippen molar-refractivity contribution >= 4 is 21.1 Å². The van der Waals surface area contributed by atoms with Crippen LogP contribution in [0.5, 0.6) is 0 Å². The second kappa shape index (κ2) is 8.13. The Morgan fingerprint density at radius 3 is 2.71 bits per heavy atom. The molecular formula is C21H32N4O2S. The summed E-state index contributed by atoms with van der Waals surface area (Å²) in [4.78, 5) is 7.53. The molecule has 2 unspecified atom stereocenters. The third-order valence-corrected chi connectivity index (χ3v) is 7.51. The van der Waals surface area contributed by atoms with Crippen molar-refractivity contribution in [1.82, 2.24) is 14.5 Å². The van der Waals surface area contributed by atoms with E-state index >= 15 is 0 Å². The number of unbranched alkanes of at least 4 members (excludes halogenated alkanes) is 1. The first-order chi connectivity index (χ1) is 13.5. The van der Waals surface area contributed by atoms with Gasteiger partial charge in [0.15, 0.2) is 0 Å². The highest BCUT2D eigenvalue weighted by atomic mass is 32.2. The maximum Gasteiger partial charge on any atom is 0.238 e. The van der Waals surface area contributed by atoms with Gasteiger partial charge in [0.1, 0.15) is 5.82 Å². The molecule has 2 N–H and O–H groups in total. The monoisotopic (exact) mass is 404 g/mol. The predicted molar refractivity (Wildman–Crippen MR) is 111 cm³/mol. The number of likely N-dealkylation sites (tertiary alicyclic amines) is 1. The van der Waals surface area contributed by atoms with Gasteiger partial charge in [-0.15, -0.1) is 0 Å². The van der Waals surface area contributed by atoms with Crippen molar-refractivity contribution in [2.24, 2.45) is 17.0 Å². The maximum atomic E-state index is 11.7. The van der Waals surface area contributed by atoms with Crippen molar-refractivity contribution in [3.63, 3.8) is 0 Å². The Morgan fingerprint density at radius 1 is 1.18 bits per heavy atom. The Labute approximate surface area is 168 Å². The lowest BCUT2D eigenvalue weighted by atomic mass is 9.75. The normalized spacial score (nSPS) is 23.8. The Hall–Kier alpha value is -1.44. The molecule has 2 atom stereocenters. The molecule has 6 nitrogen and oxygen atoms in total. The van der Waals surface area contributed by atoms with E-state index < -0.39 is 10.0 Å². The first-order valence-corrected chi connectivity index (χ1v) is 12.2. The number of hydrogen-bond donors (Lipinski definition) is 1. The number of nitrogens with two attached hydrogens (primary N) is 1. The average Bonchev–Trinajstić information content (AvgIpc) is 3.01. The van der Waals surface area contributed by atoms with E-state index in [0.717, 1.165) is 61.2 Å². The topological polar surface area (TPSA) is 81.2 Å². The third-order valence-electron chi connectivity index (χ3n) is 6.60. The quantitative estimate of drug-likeness (QED) is 0.799. The van der Waals surface area contributed by atoms with Crippen LogP contribution in [0, 0.1) is 11.8 Å². The number of nitrogens with zero attached hydrogens (tertiary/aromatic N) is 3. The van der Waals surface area contributed by atoms with Crippen LogP contribution in [0.3, 0.4) is 0 Å². The van der Waals surface area contributed by atoms with Gasteiger partial charge in [-0.05, 0) is 55.8 Å². The number of hydrogen-bond acceptors (Lipinski definition) is 4. The lowest BCUT2D eigenvalue weighted by Crippen LogP contribution is -2.41. The zero-order chi connectivity index (χ0) is 19.7. The van der Waals surface area contributed by atoms with Crippen LogP contribution in [-0.2, 0) is 23.1 Å². The molecule has 154 valence electrons. The van der Waals surface area contributed by atoms with Crippen molar-refractivity contribution in [1.29, 1.82) is 0 Å². The summed E-state index contributed by atoms with van der Waals surface area (Å²) in [6.45, 7) is 6.25. The summed E-state index contributed by atoms with van der Waals surface area (Å²) < 4.78 is 25.7. The molecule has 0 amide bonds. The number of imidazole rings is 1. The van der Waals surface area contributed by atoms with Gasteiger partial charge in [0.2, 0.25) is 10.0 Å². The summed E-state index contributed by atoms with van der Waals surface area (Å²) in [5.41, 5.74) is 1.73. The first-order valence-electron chi connectivity index (χ1n) is 10.7. The number of primary sulfonamides is 1. The van der Waals surface area contributed by atoms with Gasteiger partial charge in [0, 0.05) is 13.1 Å². The zero-order valence-electron chi connectivity index (χ0n) is 16.8. The van der Waals surface area contributed by atoms with Crippen molar-refractivity contribution in [3.05, 3.63) is 24.0 Å². The molecule has 1 aromatic heterocycles. The molecule has 1 aliphatic carbocycles. The Balaban J connectivity index is 1.61. The van der Waals surface area contributed by atoms with Crippen LogP contribution >= 0.6 is 0 Å². The number of benzene rings is 1. The van der Waals surface area contributed by atoms with Crippen molar-refractivity contribution in [3.8, 4) is 0 Å². The molecule has 28 heavy (non-hydrogen) atoms. The van der Waals surface area contributed by atoms with Crippen LogP contribution in [0.1, 0.15) is 57.7 Å². The second-order valence-electron chi connectivity index (χ2n) is 8.56. The number of sulfonamides is 1. The third kappa shape index (κ3) is 4.11. The van der Waals surface area contributed by atoms with Crippen molar-refractivity contribution in [2.75, 3.05) is 13.1 Å². The molecule has 2 fully saturated rings. The summed E-state index contributed by atoms with van der Waals surface area (Å²) in [5.74, 6) is 2.80. The molecule has 2 aliphatic rings. The number of fused-ring (bicyclic) bond motifs is 2. The minimum Gasteiger partial charge on any atom is -0.327 e. The minimum absolute atomic E-state index is 0.134. The van der Waals surface area contributed by atoms with Crippen molar-refractivity contribution < 1.29 is 8.42 Å². The van der Waals surface area contributed by atoms with Gasteiger partial charge >= 0.3 is 0 Å². The average molecular weight is 405 g/mol. The lowest BCUT2D eigenvalue weighted by Gasteiger charge is -2.41. The molecule has 0 radical (unpaired) electrons. The number of aryl methyl sites for hydroxylation is 1. The molecule has 0 bridgehead atoms. The molecule has 1 aliphatic heterocycles. The summed E-state index contributed by atoms with van der Waals surface area (Å²) in [5, 5.41) is 5.31. The van der Waals surface area contributed by atoms with E-state index in [1.165, 1.54) is 38.6 Å². The maximum absolute atomic E-state index is 11.7. The molecule has 2 heterocycles. The minimum atomic E-state index is -3.72. The largest absolute Gasteiger partial charge is 0.327 e. The summed E-state index contributed by atoms with van der Waals surface area (Å²) >= 11 is 0. The molecule has 4 rings (SSSR count). The van der Waals surface area contributed by atoms with E-state index in [0.29, 0.717) is 0 Å². The Bertz CT molecular complexity index is 937. The van der Waals surface area contributed by atoms with Crippen LogP contribution in [0.15, 0.2) is 23.1 Å². The van der Waals surface area contributed by atoms with E-state index in [-0.39, 0.29) is 4.90 Å². The first kappa shape index (κ1) is 19.9. The highest BCUT2D eigenvalue weighted by molar-refractivity contribution is 7.89. The van der Waals surface area contributed by atoms with Gasteiger partial charge in [-0.1, -0.05) is 32.6 Å². The van der Waals surface area contributed by atoms with Gasteiger partial charge in [0.05, 0.1) is 22.5 Å². The van der Waals surface area contributed by atoms with Crippen molar-refractivity contribution in [2.45, 2.75) is 69.9 Å². The Morgan fingerprint density at radius 2 is 1.96 bits per heavy atom. The van der Waals surface area contributed by atoms with Crippen LogP contribution in [0.4, 0.5) is 0 Å². The van der Waals surface area contributed by atoms with E-state index in [9.17, 15) is 8.42 Å². The van der Waals surface area contributed by atoms with E-state index in [2.05, 4.69) is 16.4 Å². The number of piperidine rings is 1.